The molecule has 1 aromatic heterocycles. The van der Waals surface area contributed by atoms with E-state index in [2.05, 4.69) is 15.3 Å². The summed E-state index contributed by atoms with van der Waals surface area (Å²) in [7, 11) is -4.31. The van der Waals surface area contributed by atoms with Gasteiger partial charge in [-0.1, -0.05) is 0 Å². The van der Waals surface area contributed by atoms with Crippen molar-refractivity contribution in [3.05, 3.63) is 47.8 Å². The second-order valence-corrected chi connectivity index (χ2v) is 7.89. The lowest BCUT2D eigenvalue weighted by Crippen LogP contribution is -2.45. The number of carbonyl (C=O) groups is 2. The minimum Gasteiger partial charge on any atom is -0.379 e. The van der Waals surface area contributed by atoms with Crippen molar-refractivity contribution in [2.75, 3.05) is 11.1 Å². The largest absolute Gasteiger partial charge is 0.379 e. The topological polar surface area (TPSA) is 176 Å². The van der Waals surface area contributed by atoms with Crippen molar-refractivity contribution in [1.82, 2.24) is 9.97 Å². The van der Waals surface area contributed by atoms with Gasteiger partial charge in [0.2, 0.25) is 5.82 Å². The summed E-state index contributed by atoms with van der Waals surface area (Å²) in [4.78, 5) is 30.0. The van der Waals surface area contributed by atoms with Crippen LogP contribution in [0.5, 0.6) is 0 Å². The van der Waals surface area contributed by atoms with E-state index in [9.17, 15) is 27.5 Å². The van der Waals surface area contributed by atoms with E-state index >= 15 is 0 Å². The van der Waals surface area contributed by atoms with Gasteiger partial charge >= 0.3 is 0 Å². The highest BCUT2D eigenvalue weighted by atomic mass is 32.2. The molecule has 2 aromatic rings. The number of aliphatic hydroxyl groups is 1. The molecule has 2 amide bonds. The maximum Gasteiger partial charge on any atom is 0.257 e. The van der Waals surface area contributed by atoms with E-state index in [0.717, 1.165) is 31.5 Å². The van der Waals surface area contributed by atoms with E-state index in [4.69, 9.17) is 11.0 Å². The number of nitrogens with zero attached hydrogens (tertiary/aromatic N) is 3. The Kier molecular flexibility index (Phi) is 5.72. The maximum atomic E-state index is 13.8. The summed E-state index contributed by atoms with van der Waals surface area (Å²) in [6, 6.07) is 4.10. The summed E-state index contributed by atoms with van der Waals surface area (Å²) in [6.45, 7) is 0.957. The standard InChI is InChI=1S/C16H14FN5O5S/c1-16(25,15(24)22-9-6-20-13(5-18)21-7-9)8-28(26,27)10-2-3-11(14(19)23)12(17)4-10/h2-4,6-7,25H,8H2,1H3,(H2,19,23)(H,22,24)/t16-/m0/s1. The first-order chi connectivity index (χ1) is 13.0. The number of rotatable bonds is 6. The molecule has 12 heteroatoms. The molecule has 0 unspecified atom stereocenters. The summed E-state index contributed by atoms with van der Waals surface area (Å²) < 4.78 is 38.7. The second-order valence-electron chi connectivity index (χ2n) is 5.90. The lowest BCUT2D eigenvalue weighted by molar-refractivity contribution is -0.130. The third-order valence-corrected chi connectivity index (χ3v) is 5.45. The van der Waals surface area contributed by atoms with E-state index < -0.39 is 49.3 Å². The Hall–Kier alpha value is -3.43. The fraction of sp³-hybridized carbons (Fsp3) is 0.188. The van der Waals surface area contributed by atoms with E-state index in [1.165, 1.54) is 0 Å². The highest BCUT2D eigenvalue weighted by molar-refractivity contribution is 7.91. The molecule has 0 aliphatic heterocycles. The van der Waals surface area contributed by atoms with E-state index in [1.807, 2.05) is 0 Å². The Balaban J connectivity index is 2.21. The van der Waals surface area contributed by atoms with Crippen LogP contribution in [0.3, 0.4) is 0 Å². The highest BCUT2D eigenvalue weighted by Gasteiger charge is 2.37. The Morgan fingerprint density at radius 1 is 1.36 bits per heavy atom. The van der Waals surface area contributed by atoms with Gasteiger partial charge in [0.15, 0.2) is 15.4 Å². The summed E-state index contributed by atoms with van der Waals surface area (Å²) in [6.07, 6.45) is 2.21. The molecular formula is C16H14FN5O5S. The first-order valence-electron chi connectivity index (χ1n) is 7.54. The number of amides is 2. The van der Waals surface area contributed by atoms with Gasteiger partial charge in [-0.05, 0) is 25.1 Å². The van der Waals surface area contributed by atoms with Crippen LogP contribution in [-0.2, 0) is 14.6 Å². The zero-order valence-corrected chi connectivity index (χ0v) is 15.2. The van der Waals surface area contributed by atoms with Gasteiger partial charge in [0.25, 0.3) is 11.8 Å². The third-order valence-electron chi connectivity index (χ3n) is 3.54. The van der Waals surface area contributed by atoms with Crippen LogP contribution in [-0.4, -0.2) is 46.7 Å². The van der Waals surface area contributed by atoms with Gasteiger partial charge in [-0.2, -0.15) is 5.26 Å². The zero-order valence-electron chi connectivity index (χ0n) is 14.4. The fourth-order valence-corrected chi connectivity index (χ4v) is 3.72. The molecule has 10 nitrogen and oxygen atoms in total. The van der Waals surface area contributed by atoms with Crippen molar-refractivity contribution >= 4 is 27.3 Å². The molecule has 146 valence electrons. The molecule has 0 saturated carbocycles. The fourth-order valence-electron chi connectivity index (χ4n) is 2.12. The van der Waals surface area contributed by atoms with Crippen LogP contribution in [0.1, 0.15) is 23.1 Å². The first-order valence-corrected chi connectivity index (χ1v) is 9.19. The number of halogens is 1. The van der Waals surface area contributed by atoms with Gasteiger partial charge in [0.05, 0.1) is 34.3 Å². The molecule has 1 heterocycles. The zero-order chi connectivity index (χ0) is 21.1. The number of anilines is 1. The number of aromatic nitrogens is 2. The van der Waals surface area contributed by atoms with Gasteiger partial charge in [-0.15, -0.1) is 0 Å². The number of hydrogen-bond acceptors (Lipinski definition) is 8. The highest BCUT2D eigenvalue weighted by Crippen LogP contribution is 2.21. The van der Waals surface area contributed by atoms with Crippen molar-refractivity contribution < 1.29 is 27.5 Å². The summed E-state index contributed by atoms with van der Waals surface area (Å²) >= 11 is 0. The molecule has 28 heavy (non-hydrogen) atoms. The van der Waals surface area contributed by atoms with Gasteiger partial charge < -0.3 is 16.2 Å². The lowest BCUT2D eigenvalue weighted by Gasteiger charge is -2.22. The molecule has 0 aliphatic rings. The van der Waals surface area contributed by atoms with E-state index in [0.29, 0.717) is 6.07 Å². The number of sulfone groups is 1. The van der Waals surface area contributed by atoms with Gasteiger partial charge in [0.1, 0.15) is 11.9 Å². The van der Waals surface area contributed by atoms with Gasteiger partial charge in [0, 0.05) is 0 Å². The van der Waals surface area contributed by atoms with Crippen molar-refractivity contribution in [3.8, 4) is 6.07 Å². The number of primary amides is 1. The number of nitriles is 1. The molecule has 0 saturated heterocycles. The third kappa shape index (κ3) is 4.64. The normalized spacial score (nSPS) is 13.2. The molecule has 2 rings (SSSR count). The van der Waals surface area contributed by atoms with Gasteiger partial charge in [-0.3, -0.25) is 9.59 Å². The van der Waals surface area contributed by atoms with Crippen LogP contribution in [0.15, 0.2) is 35.5 Å². The summed E-state index contributed by atoms with van der Waals surface area (Å²) in [5.41, 5.74) is 2.09. The van der Waals surface area contributed by atoms with Crippen molar-refractivity contribution in [1.29, 1.82) is 5.26 Å². The summed E-state index contributed by atoms with van der Waals surface area (Å²) in [5, 5.41) is 21.1. The van der Waals surface area contributed by atoms with Crippen LogP contribution in [0.25, 0.3) is 0 Å². The van der Waals surface area contributed by atoms with Crippen LogP contribution >= 0.6 is 0 Å². The van der Waals surface area contributed by atoms with Crippen LogP contribution in [0.2, 0.25) is 0 Å². The lowest BCUT2D eigenvalue weighted by atomic mass is 10.1. The predicted octanol–water partition coefficient (Wildman–Crippen LogP) is -0.250. The Labute approximate surface area is 158 Å². The van der Waals surface area contributed by atoms with Crippen LogP contribution < -0.4 is 11.1 Å². The molecule has 4 N–H and O–H groups in total. The van der Waals surface area contributed by atoms with E-state index in [-0.39, 0.29) is 11.5 Å². The predicted molar refractivity (Wildman–Crippen MR) is 93.0 cm³/mol. The minimum atomic E-state index is -4.31. The number of nitrogens with one attached hydrogen (secondary N) is 1. The Morgan fingerprint density at radius 3 is 2.46 bits per heavy atom. The quantitative estimate of drug-likeness (QED) is 0.587. The van der Waals surface area contributed by atoms with Crippen LogP contribution in [0.4, 0.5) is 10.1 Å². The molecule has 0 spiro atoms. The van der Waals surface area contributed by atoms with Crippen molar-refractivity contribution in [3.63, 3.8) is 0 Å². The SMILES string of the molecule is C[C@](O)(CS(=O)(=O)c1ccc(C(N)=O)c(F)c1)C(=O)Nc1cnc(C#N)nc1. The smallest absolute Gasteiger partial charge is 0.257 e. The number of nitrogens with two attached hydrogens (primary N) is 1. The summed E-state index contributed by atoms with van der Waals surface area (Å²) in [5.74, 6) is -4.52. The molecule has 0 fully saturated rings. The van der Waals surface area contributed by atoms with Crippen molar-refractivity contribution in [2.45, 2.75) is 17.4 Å². The van der Waals surface area contributed by atoms with Crippen molar-refractivity contribution in [2.24, 2.45) is 5.73 Å². The second kappa shape index (κ2) is 7.67. The molecule has 0 radical (unpaired) electrons. The van der Waals surface area contributed by atoms with Crippen LogP contribution in [0, 0.1) is 17.1 Å². The molecule has 1 atom stereocenters. The number of carbonyl (C=O) groups excluding carboxylic acids is 2. The molecular weight excluding hydrogens is 393 g/mol. The first kappa shape index (κ1) is 20.9. The number of hydrogen-bond donors (Lipinski definition) is 3. The molecule has 1 aromatic carbocycles. The number of benzene rings is 1. The van der Waals surface area contributed by atoms with E-state index in [1.54, 1.807) is 6.07 Å². The Morgan fingerprint density at radius 2 is 1.96 bits per heavy atom. The maximum absolute atomic E-state index is 13.8. The average Bonchev–Trinajstić information content (AvgIpc) is 2.61. The minimum absolute atomic E-state index is 0.0264. The molecule has 0 aliphatic carbocycles. The Bertz CT molecular complexity index is 1080. The monoisotopic (exact) mass is 407 g/mol. The van der Waals surface area contributed by atoms with Gasteiger partial charge in [-0.25, -0.2) is 22.8 Å². The average molecular weight is 407 g/mol. The molecule has 0 bridgehead atoms.